The van der Waals surface area contributed by atoms with Crippen LogP contribution in [0.2, 0.25) is 5.02 Å². The molecule has 0 radical (unpaired) electrons. The largest absolute Gasteiger partial charge is 0.370 e. The number of halogens is 1. The number of hydrogen-bond acceptors (Lipinski definition) is 4. The Morgan fingerprint density at radius 2 is 2.39 bits per heavy atom. The van der Waals surface area contributed by atoms with E-state index in [0.717, 1.165) is 49.7 Å². The molecule has 1 N–H and O–H groups in total. The van der Waals surface area contributed by atoms with Gasteiger partial charge in [0.1, 0.15) is 0 Å². The molecule has 122 valence electrons. The lowest BCUT2D eigenvalue weighted by Crippen LogP contribution is -2.50. The summed E-state index contributed by atoms with van der Waals surface area (Å²) in [5, 5.41) is 11.5. The molecule has 23 heavy (non-hydrogen) atoms. The lowest BCUT2D eigenvalue weighted by molar-refractivity contribution is -0.113. The lowest BCUT2D eigenvalue weighted by Gasteiger charge is -2.48. The predicted molar refractivity (Wildman–Crippen MR) is 88.3 cm³/mol. The van der Waals surface area contributed by atoms with E-state index in [-0.39, 0.29) is 5.60 Å². The minimum Gasteiger partial charge on any atom is -0.370 e. The van der Waals surface area contributed by atoms with E-state index in [0.29, 0.717) is 6.04 Å². The van der Waals surface area contributed by atoms with Crippen LogP contribution in [0.15, 0.2) is 24.4 Å². The second-order valence-electron chi connectivity index (χ2n) is 6.63. The number of fused-ring (bicyclic) bond motifs is 2. The van der Waals surface area contributed by atoms with Gasteiger partial charge in [0.15, 0.2) is 0 Å². The average Bonchev–Trinajstić information content (AvgIpc) is 3.04. The van der Waals surface area contributed by atoms with Crippen molar-refractivity contribution in [3.8, 4) is 0 Å². The Morgan fingerprint density at radius 1 is 1.48 bits per heavy atom. The third kappa shape index (κ3) is 2.77. The SMILES string of the molecule is C[C@H]1C[C@@]2(CCN1Cc1cn[nH]n1)OCCc1ccc(Cl)cc12. The van der Waals surface area contributed by atoms with Crippen molar-refractivity contribution in [1.82, 2.24) is 20.3 Å². The maximum absolute atomic E-state index is 6.32. The van der Waals surface area contributed by atoms with Gasteiger partial charge in [0.25, 0.3) is 0 Å². The van der Waals surface area contributed by atoms with Crippen molar-refractivity contribution < 1.29 is 4.74 Å². The molecule has 2 aromatic rings. The summed E-state index contributed by atoms with van der Waals surface area (Å²) in [4.78, 5) is 2.45. The van der Waals surface area contributed by atoms with Gasteiger partial charge in [0.2, 0.25) is 0 Å². The summed E-state index contributed by atoms with van der Waals surface area (Å²) in [5.74, 6) is 0. The number of ether oxygens (including phenoxy) is 1. The number of aromatic nitrogens is 3. The third-order valence-corrected chi connectivity index (χ3v) is 5.43. The molecule has 0 amide bonds. The number of nitrogens with zero attached hydrogens (tertiary/aromatic N) is 3. The van der Waals surface area contributed by atoms with Crippen LogP contribution in [0.5, 0.6) is 0 Å². The van der Waals surface area contributed by atoms with E-state index in [9.17, 15) is 0 Å². The predicted octanol–water partition coefficient (Wildman–Crippen LogP) is 2.91. The second kappa shape index (κ2) is 5.89. The second-order valence-corrected chi connectivity index (χ2v) is 7.07. The summed E-state index contributed by atoms with van der Waals surface area (Å²) in [5.41, 5.74) is 3.49. The molecule has 2 atom stereocenters. The van der Waals surface area contributed by atoms with Gasteiger partial charge in [-0.25, -0.2) is 0 Å². The van der Waals surface area contributed by atoms with Crippen molar-refractivity contribution in [2.45, 2.75) is 44.4 Å². The van der Waals surface area contributed by atoms with Crippen LogP contribution in [0.25, 0.3) is 0 Å². The Morgan fingerprint density at radius 3 is 3.17 bits per heavy atom. The van der Waals surface area contributed by atoms with Gasteiger partial charge in [-0.1, -0.05) is 17.7 Å². The Hall–Kier alpha value is -1.43. The first-order valence-corrected chi connectivity index (χ1v) is 8.56. The molecule has 1 aromatic heterocycles. The molecule has 0 bridgehead atoms. The monoisotopic (exact) mass is 332 g/mol. The Labute approximate surface area is 141 Å². The molecule has 5 nitrogen and oxygen atoms in total. The van der Waals surface area contributed by atoms with Crippen molar-refractivity contribution in [1.29, 1.82) is 0 Å². The minimum atomic E-state index is -0.182. The summed E-state index contributed by atoms with van der Waals surface area (Å²) < 4.78 is 6.32. The maximum atomic E-state index is 6.32. The molecule has 1 saturated heterocycles. The molecule has 4 rings (SSSR count). The fourth-order valence-electron chi connectivity index (χ4n) is 4.00. The first-order valence-electron chi connectivity index (χ1n) is 8.18. The van der Waals surface area contributed by atoms with E-state index in [4.69, 9.17) is 16.3 Å². The molecule has 2 aliphatic rings. The Kier molecular flexibility index (Phi) is 3.87. The first kappa shape index (κ1) is 15.1. The summed E-state index contributed by atoms with van der Waals surface area (Å²) in [6.07, 6.45) is 4.75. The van der Waals surface area contributed by atoms with Crippen LogP contribution < -0.4 is 0 Å². The van der Waals surface area contributed by atoms with Crippen molar-refractivity contribution >= 4 is 11.6 Å². The lowest BCUT2D eigenvalue weighted by atomic mass is 9.77. The van der Waals surface area contributed by atoms with Gasteiger partial charge in [0.05, 0.1) is 24.1 Å². The number of nitrogens with one attached hydrogen (secondary N) is 1. The zero-order valence-electron chi connectivity index (χ0n) is 13.3. The van der Waals surface area contributed by atoms with Crippen LogP contribution in [0.3, 0.4) is 0 Å². The topological polar surface area (TPSA) is 54.0 Å². The molecule has 3 heterocycles. The minimum absolute atomic E-state index is 0.182. The quantitative estimate of drug-likeness (QED) is 0.918. The van der Waals surface area contributed by atoms with Crippen molar-refractivity contribution in [2.75, 3.05) is 13.2 Å². The molecule has 0 unspecified atom stereocenters. The number of hydrogen-bond donors (Lipinski definition) is 1. The number of rotatable bonds is 2. The van der Waals surface area contributed by atoms with Crippen LogP contribution in [0.1, 0.15) is 36.6 Å². The van der Waals surface area contributed by atoms with Crippen LogP contribution in [0.4, 0.5) is 0 Å². The summed E-state index contributed by atoms with van der Waals surface area (Å²) >= 11 is 6.25. The highest BCUT2D eigenvalue weighted by Crippen LogP contribution is 2.44. The molecule has 1 fully saturated rings. The maximum Gasteiger partial charge on any atom is 0.0964 e. The molecule has 0 aliphatic carbocycles. The zero-order chi connectivity index (χ0) is 15.9. The average molecular weight is 333 g/mol. The third-order valence-electron chi connectivity index (χ3n) is 5.19. The number of aromatic amines is 1. The van der Waals surface area contributed by atoms with Gasteiger partial charge in [-0.15, -0.1) is 0 Å². The van der Waals surface area contributed by atoms with E-state index in [1.807, 2.05) is 6.07 Å². The number of likely N-dealkylation sites (tertiary alicyclic amines) is 1. The van der Waals surface area contributed by atoms with E-state index < -0.39 is 0 Å². The molecular formula is C17H21ClN4O. The first-order chi connectivity index (χ1) is 11.2. The summed E-state index contributed by atoms with van der Waals surface area (Å²) in [6, 6.07) is 6.68. The van der Waals surface area contributed by atoms with Crippen LogP contribution in [-0.4, -0.2) is 39.5 Å². The molecule has 0 saturated carbocycles. The van der Waals surface area contributed by atoms with Crippen LogP contribution >= 0.6 is 11.6 Å². The van der Waals surface area contributed by atoms with Crippen molar-refractivity contribution in [3.05, 3.63) is 46.2 Å². The molecule has 1 spiro atoms. The highest BCUT2D eigenvalue weighted by atomic mass is 35.5. The van der Waals surface area contributed by atoms with Gasteiger partial charge >= 0.3 is 0 Å². The Balaban J connectivity index is 1.57. The molecule has 1 aromatic carbocycles. The highest BCUT2D eigenvalue weighted by Gasteiger charge is 2.43. The van der Waals surface area contributed by atoms with Crippen LogP contribution in [0, 0.1) is 0 Å². The fraction of sp³-hybridized carbons (Fsp3) is 0.529. The Bertz CT molecular complexity index is 690. The van der Waals surface area contributed by atoms with E-state index in [2.05, 4.69) is 39.4 Å². The van der Waals surface area contributed by atoms with E-state index in [1.165, 1.54) is 11.1 Å². The molecular weight excluding hydrogens is 312 g/mol. The standard InChI is InChI=1S/C17H21ClN4O/c1-12-9-17(5-6-22(12)11-15-10-19-21-20-15)16-8-14(18)3-2-13(16)4-7-23-17/h2-3,8,10,12H,4-7,9,11H2,1H3,(H,19,20,21)/t12-,17+/m0/s1. The summed E-state index contributed by atoms with van der Waals surface area (Å²) in [7, 11) is 0. The number of benzene rings is 1. The molecule has 2 aliphatic heterocycles. The summed E-state index contributed by atoms with van der Waals surface area (Å²) in [6.45, 7) is 4.88. The van der Waals surface area contributed by atoms with E-state index >= 15 is 0 Å². The van der Waals surface area contributed by atoms with Gasteiger partial charge in [-0.2, -0.15) is 15.4 Å². The smallest absolute Gasteiger partial charge is 0.0964 e. The van der Waals surface area contributed by atoms with Crippen LogP contribution in [-0.2, 0) is 23.3 Å². The van der Waals surface area contributed by atoms with Crippen molar-refractivity contribution in [2.24, 2.45) is 0 Å². The van der Waals surface area contributed by atoms with E-state index in [1.54, 1.807) is 6.20 Å². The van der Waals surface area contributed by atoms with Gasteiger partial charge < -0.3 is 4.74 Å². The van der Waals surface area contributed by atoms with Crippen molar-refractivity contribution in [3.63, 3.8) is 0 Å². The molecule has 6 heteroatoms. The highest BCUT2D eigenvalue weighted by molar-refractivity contribution is 6.30. The van der Waals surface area contributed by atoms with Gasteiger partial charge in [-0.3, -0.25) is 4.90 Å². The fourth-order valence-corrected chi connectivity index (χ4v) is 4.17. The number of piperidine rings is 1. The zero-order valence-corrected chi connectivity index (χ0v) is 14.0. The van der Waals surface area contributed by atoms with Gasteiger partial charge in [0, 0.05) is 24.2 Å². The normalized spacial score (nSPS) is 28.0. The number of H-pyrrole nitrogens is 1. The van der Waals surface area contributed by atoms with Gasteiger partial charge in [-0.05, 0) is 49.4 Å².